The Labute approximate surface area is 153 Å². The van der Waals surface area contributed by atoms with E-state index in [1.165, 1.54) is 12.1 Å². The molecule has 0 bridgehead atoms. The first kappa shape index (κ1) is 15.4. The molecule has 4 aromatic rings. The van der Waals surface area contributed by atoms with E-state index in [0.29, 0.717) is 40.5 Å². The van der Waals surface area contributed by atoms with Gasteiger partial charge in [-0.3, -0.25) is 0 Å². The van der Waals surface area contributed by atoms with E-state index in [-0.39, 0.29) is 6.42 Å². The zero-order valence-corrected chi connectivity index (χ0v) is 15.8. The molecule has 0 spiro atoms. The minimum atomic E-state index is -0.399. The lowest BCUT2D eigenvalue weighted by Crippen LogP contribution is -1.96. The van der Waals surface area contributed by atoms with Gasteiger partial charge in [-0.25, -0.2) is 8.78 Å². The third kappa shape index (κ3) is 2.48. The molecule has 10 heteroatoms. The second-order valence-corrected chi connectivity index (χ2v) is 7.84. The van der Waals surface area contributed by atoms with Gasteiger partial charge in [0, 0.05) is 6.42 Å². The summed E-state index contributed by atoms with van der Waals surface area (Å²) in [7, 11) is 0. The Hall–Kier alpha value is -1.10. The summed E-state index contributed by atoms with van der Waals surface area (Å²) in [4.78, 5) is 0. The monoisotopic (exact) mass is 476 g/mol. The molecule has 0 radical (unpaired) electrons. The van der Waals surface area contributed by atoms with Gasteiger partial charge in [0.05, 0.1) is 18.3 Å². The van der Waals surface area contributed by atoms with Crippen LogP contribution in [0.5, 0.6) is 0 Å². The van der Waals surface area contributed by atoms with Crippen LogP contribution >= 0.6 is 54.9 Å². The number of aromatic nitrogens is 4. The smallest absolute Gasteiger partial charge is 0.139 e. The summed E-state index contributed by atoms with van der Waals surface area (Å²) in [6.07, 6.45) is 0.290. The molecular formula is C13H4Br2F2N4S2. The van der Waals surface area contributed by atoms with Crippen LogP contribution in [0.15, 0.2) is 21.1 Å². The van der Waals surface area contributed by atoms with Crippen LogP contribution < -0.4 is 0 Å². The molecule has 2 aromatic heterocycles. The number of benzene rings is 2. The minimum absolute atomic E-state index is 0.290. The Morgan fingerprint density at radius 1 is 0.826 bits per heavy atom. The fourth-order valence-corrected chi connectivity index (χ4v) is 4.67. The quantitative estimate of drug-likeness (QED) is 0.403. The molecule has 4 nitrogen and oxygen atoms in total. The first-order chi connectivity index (χ1) is 11.1. The highest BCUT2D eigenvalue weighted by atomic mass is 79.9. The van der Waals surface area contributed by atoms with Gasteiger partial charge in [-0.2, -0.15) is 0 Å². The highest BCUT2D eigenvalue weighted by molar-refractivity contribution is 9.11. The Kier molecular flexibility index (Phi) is 3.87. The molecule has 0 fully saturated rings. The van der Waals surface area contributed by atoms with Crippen LogP contribution in [0.2, 0.25) is 0 Å². The predicted octanol–water partition coefficient (Wildman–Crippen LogP) is 5.09. The molecule has 0 atom stereocenters. The van der Waals surface area contributed by atoms with Crippen molar-refractivity contribution in [3.8, 4) is 0 Å². The Bertz CT molecular complexity index is 979. The second kappa shape index (κ2) is 5.76. The van der Waals surface area contributed by atoms with Crippen molar-refractivity contribution in [3.05, 3.63) is 43.8 Å². The lowest BCUT2D eigenvalue weighted by molar-refractivity contribution is 0.620. The van der Waals surface area contributed by atoms with Crippen molar-refractivity contribution in [1.29, 1.82) is 0 Å². The summed E-state index contributed by atoms with van der Waals surface area (Å²) >= 11 is 8.62. The summed E-state index contributed by atoms with van der Waals surface area (Å²) in [5.74, 6) is -0.799. The molecule has 23 heavy (non-hydrogen) atoms. The van der Waals surface area contributed by atoms with E-state index in [0.717, 1.165) is 23.1 Å². The van der Waals surface area contributed by atoms with Crippen LogP contribution in [-0.2, 0) is 6.42 Å². The summed E-state index contributed by atoms with van der Waals surface area (Å²) in [5, 5.41) is 8.12. The van der Waals surface area contributed by atoms with Crippen molar-refractivity contribution in [2.45, 2.75) is 6.42 Å². The highest BCUT2D eigenvalue weighted by Gasteiger charge is 2.18. The van der Waals surface area contributed by atoms with Crippen LogP contribution in [0, 0.1) is 11.6 Å². The van der Waals surface area contributed by atoms with E-state index in [9.17, 15) is 8.78 Å². The summed E-state index contributed by atoms with van der Waals surface area (Å²) in [5.41, 5.74) is 2.46. The molecule has 2 aromatic carbocycles. The van der Waals surface area contributed by atoms with Gasteiger partial charge < -0.3 is 0 Å². The maximum Gasteiger partial charge on any atom is 0.139 e. The summed E-state index contributed by atoms with van der Waals surface area (Å²) < 4.78 is 37.9. The van der Waals surface area contributed by atoms with Crippen molar-refractivity contribution in [2.24, 2.45) is 0 Å². The first-order valence-corrected chi connectivity index (χ1v) is 9.37. The van der Waals surface area contributed by atoms with Crippen molar-refractivity contribution < 1.29 is 8.78 Å². The largest absolute Gasteiger partial charge is 0.206 e. The number of rotatable bonds is 2. The average Bonchev–Trinajstić information content (AvgIpc) is 3.18. The molecule has 116 valence electrons. The molecule has 0 aliphatic heterocycles. The molecule has 0 unspecified atom stereocenters. The first-order valence-electron chi connectivity index (χ1n) is 6.24. The van der Waals surface area contributed by atoms with Gasteiger partial charge in [-0.05, 0) is 78.2 Å². The standard InChI is InChI=1S/C13H4Br2F2N4S2/c14-8-6(16)2-4(10-12(8)22-20-18-10)1-5-3-7(17)9(15)13-11(5)19-21-23-13/h2-3H,1H2. The molecule has 0 saturated carbocycles. The van der Waals surface area contributed by atoms with Crippen molar-refractivity contribution in [1.82, 2.24) is 19.2 Å². The summed E-state index contributed by atoms with van der Waals surface area (Å²) in [6, 6.07) is 2.78. The second-order valence-electron chi connectivity index (χ2n) is 4.74. The van der Waals surface area contributed by atoms with Gasteiger partial charge >= 0.3 is 0 Å². The van der Waals surface area contributed by atoms with Crippen LogP contribution in [0.25, 0.3) is 20.4 Å². The van der Waals surface area contributed by atoms with Crippen LogP contribution in [0.1, 0.15) is 11.1 Å². The van der Waals surface area contributed by atoms with Crippen molar-refractivity contribution in [2.75, 3.05) is 0 Å². The SMILES string of the molecule is Fc1cc(Cc2cc(F)c(Br)c3snnc23)c2nnsc2c1Br. The maximum absolute atomic E-state index is 14.1. The Morgan fingerprint density at radius 3 is 1.70 bits per heavy atom. The van der Waals surface area contributed by atoms with E-state index in [4.69, 9.17) is 0 Å². The lowest BCUT2D eigenvalue weighted by Gasteiger charge is -2.07. The van der Waals surface area contributed by atoms with E-state index in [1.54, 1.807) is 0 Å². The molecule has 0 aliphatic rings. The highest BCUT2D eigenvalue weighted by Crippen LogP contribution is 2.35. The van der Waals surface area contributed by atoms with Gasteiger partial charge in [0.25, 0.3) is 0 Å². The van der Waals surface area contributed by atoms with Gasteiger partial charge in [0.15, 0.2) is 0 Å². The van der Waals surface area contributed by atoms with Gasteiger partial charge in [0.1, 0.15) is 22.7 Å². The van der Waals surface area contributed by atoms with Crippen molar-refractivity contribution in [3.63, 3.8) is 0 Å². The molecule has 0 N–H and O–H groups in total. The fourth-order valence-electron chi connectivity index (χ4n) is 2.35. The zero-order valence-electron chi connectivity index (χ0n) is 11.0. The molecule has 4 rings (SSSR count). The van der Waals surface area contributed by atoms with E-state index >= 15 is 0 Å². The minimum Gasteiger partial charge on any atom is -0.206 e. The normalized spacial score (nSPS) is 11.7. The van der Waals surface area contributed by atoms with Gasteiger partial charge in [0.2, 0.25) is 0 Å². The Balaban J connectivity index is 1.92. The Morgan fingerprint density at radius 2 is 1.26 bits per heavy atom. The topological polar surface area (TPSA) is 51.6 Å². The predicted molar refractivity (Wildman–Crippen MR) is 93.0 cm³/mol. The zero-order chi connectivity index (χ0) is 16.1. The van der Waals surface area contributed by atoms with Gasteiger partial charge in [-0.15, -0.1) is 10.2 Å². The number of hydrogen-bond acceptors (Lipinski definition) is 6. The van der Waals surface area contributed by atoms with E-state index in [1.807, 2.05) is 0 Å². The molecule has 0 aliphatic carbocycles. The maximum atomic E-state index is 14.1. The fraction of sp³-hybridized carbons (Fsp3) is 0.0769. The van der Waals surface area contributed by atoms with E-state index in [2.05, 4.69) is 51.0 Å². The third-order valence-electron chi connectivity index (χ3n) is 3.39. The molecule has 2 heterocycles. The van der Waals surface area contributed by atoms with Crippen LogP contribution in [0.3, 0.4) is 0 Å². The third-order valence-corrected chi connectivity index (χ3v) is 6.95. The van der Waals surface area contributed by atoms with Crippen molar-refractivity contribution >= 4 is 75.4 Å². The molecular weight excluding hydrogens is 474 g/mol. The summed E-state index contributed by atoms with van der Waals surface area (Å²) in [6.45, 7) is 0. The van der Waals surface area contributed by atoms with Crippen LogP contribution in [-0.4, -0.2) is 19.2 Å². The molecule has 0 saturated heterocycles. The number of halogens is 4. The van der Waals surface area contributed by atoms with Crippen LogP contribution in [0.4, 0.5) is 8.78 Å². The van der Waals surface area contributed by atoms with E-state index < -0.39 is 11.6 Å². The number of hydrogen-bond donors (Lipinski definition) is 0. The molecule has 0 amide bonds. The number of fused-ring (bicyclic) bond motifs is 2. The average molecular weight is 478 g/mol. The number of nitrogens with zero attached hydrogens (tertiary/aromatic N) is 4. The lowest BCUT2D eigenvalue weighted by atomic mass is 10.0. The van der Waals surface area contributed by atoms with Gasteiger partial charge in [-0.1, -0.05) is 8.98 Å².